The van der Waals surface area contributed by atoms with Gasteiger partial charge in [0.2, 0.25) is 11.8 Å². The summed E-state index contributed by atoms with van der Waals surface area (Å²) in [5, 5.41) is 17.7. The van der Waals surface area contributed by atoms with Crippen LogP contribution in [0, 0.1) is 0 Å². The summed E-state index contributed by atoms with van der Waals surface area (Å²) < 4.78 is 133. The number of carboxylic acid groups (broad SMARTS) is 1. The van der Waals surface area contributed by atoms with E-state index >= 15 is 0 Å². The molecule has 4 N–H and O–H groups in total. The standard InChI is InChI=1S/C84H147N3O29/c1-2-3-4-5-6-7-8-9-10-11-12-13-14-23-81(88)85-26-28-93-30-32-95-34-36-97-38-40-99-42-44-101-46-48-103-50-52-105-54-56-107-58-60-109-62-64-111-66-68-113-70-72-115-73-71-114-69-67-112-65-63-110-61-59-108-57-55-106-53-51-104-49-47-102-45-43-100-41-39-98-37-35-96-33-31-94-29-27-86-82(89)25-24-80(83(90)91)87-84(92)116-74-79-77-21-17-15-19-75(77)76-20-16-18-22-78(76)79/h15-22,79-80H,2-14,23-74H2,1H3,(H,85,88)(H,86,89)(H,87,92)(H,90,91)/t80-/m0/s1. The fourth-order valence-corrected chi connectivity index (χ4v) is 11.3. The Hall–Kier alpha value is -4.80. The number of benzene rings is 2. The van der Waals surface area contributed by atoms with Gasteiger partial charge >= 0.3 is 12.1 Å². The number of carbonyl (C=O) groups is 4. The van der Waals surface area contributed by atoms with Crippen molar-refractivity contribution in [2.24, 2.45) is 0 Å². The Morgan fingerprint density at radius 3 is 0.750 bits per heavy atom. The van der Waals surface area contributed by atoms with Crippen molar-refractivity contribution < 1.29 is 138 Å². The van der Waals surface area contributed by atoms with Gasteiger partial charge in [0, 0.05) is 31.8 Å². The van der Waals surface area contributed by atoms with Gasteiger partial charge in [0.05, 0.1) is 304 Å². The van der Waals surface area contributed by atoms with E-state index in [1.807, 2.05) is 48.5 Å². The van der Waals surface area contributed by atoms with Crippen LogP contribution in [0.2, 0.25) is 0 Å². The average molecular weight is 1660 g/mol. The van der Waals surface area contributed by atoms with E-state index in [1.54, 1.807) is 0 Å². The van der Waals surface area contributed by atoms with E-state index in [-0.39, 0.29) is 50.3 Å². The van der Waals surface area contributed by atoms with Crippen LogP contribution in [0.5, 0.6) is 0 Å². The number of aliphatic carboxylic acids is 1. The van der Waals surface area contributed by atoms with Crippen LogP contribution in [0.3, 0.4) is 0 Å². The molecule has 0 fully saturated rings. The minimum Gasteiger partial charge on any atom is -0.480 e. The number of unbranched alkanes of at least 4 members (excludes halogenated alkanes) is 12. The predicted molar refractivity (Wildman–Crippen MR) is 434 cm³/mol. The summed E-state index contributed by atoms with van der Waals surface area (Å²) in [5.41, 5.74) is 4.26. The second-order valence-electron chi connectivity index (χ2n) is 26.7. The summed E-state index contributed by atoms with van der Waals surface area (Å²) in [7, 11) is 0. The number of fused-ring (bicyclic) bond motifs is 3. The van der Waals surface area contributed by atoms with E-state index in [2.05, 4.69) is 22.9 Å². The second-order valence-corrected chi connectivity index (χ2v) is 26.7. The number of nitrogens with one attached hydrogen (secondary N) is 3. The second kappa shape index (κ2) is 83.8. The zero-order chi connectivity index (χ0) is 82.5. The maximum absolute atomic E-state index is 12.6. The van der Waals surface area contributed by atoms with Crippen molar-refractivity contribution >= 4 is 23.9 Å². The fourth-order valence-electron chi connectivity index (χ4n) is 11.3. The Morgan fingerprint density at radius 1 is 0.293 bits per heavy atom. The molecule has 2 aromatic carbocycles. The smallest absolute Gasteiger partial charge is 0.407 e. The molecule has 3 amide bonds. The van der Waals surface area contributed by atoms with E-state index in [9.17, 15) is 24.3 Å². The van der Waals surface area contributed by atoms with Crippen LogP contribution < -0.4 is 16.0 Å². The van der Waals surface area contributed by atoms with Gasteiger partial charge in [0.25, 0.3) is 0 Å². The summed E-state index contributed by atoms with van der Waals surface area (Å²) >= 11 is 0. The number of amides is 3. The third kappa shape index (κ3) is 66.9. The van der Waals surface area contributed by atoms with Crippen molar-refractivity contribution in [2.75, 3.05) is 324 Å². The Morgan fingerprint density at radius 2 is 0.509 bits per heavy atom. The lowest BCUT2D eigenvalue weighted by Gasteiger charge is -2.17. The molecule has 0 spiro atoms. The zero-order valence-corrected chi connectivity index (χ0v) is 70.1. The van der Waals surface area contributed by atoms with Gasteiger partial charge in [0.1, 0.15) is 12.6 Å². The normalized spacial score (nSPS) is 12.2. The van der Waals surface area contributed by atoms with Crippen LogP contribution in [0.4, 0.5) is 4.79 Å². The minimum atomic E-state index is -1.29. The Kier molecular flexibility index (Phi) is 76.2. The van der Waals surface area contributed by atoms with E-state index in [1.165, 1.54) is 70.6 Å². The van der Waals surface area contributed by atoms with Crippen molar-refractivity contribution in [1.29, 1.82) is 0 Å². The third-order valence-electron chi connectivity index (χ3n) is 17.4. The highest BCUT2D eigenvalue weighted by molar-refractivity contribution is 5.82. The van der Waals surface area contributed by atoms with Crippen LogP contribution in [-0.2, 0) is 128 Å². The SMILES string of the molecule is CCCCCCCCCCCCCCCC(=O)NCCOCCOCCOCCOCCOCCOCCOCCOCCOCCOCCOCCOCCOCCOCCOCCOCCOCCOCCOCCOCCOCCOCCOCCNC(=O)CC[C@H](NC(=O)OCC1c2ccccc2-c2ccccc21)C(=O)O. The first-order chi connectivity index (χ1) is 57.4. The van der Waals surface area contributed by atoms with Gasteiger partial charge in [-0.3, -0.25) is 9.59 Å². The molecule has 0 heterocycles. The number of hydrogen-bond acceptors (Lipinski definition) is 28. The molecule has 2 aromatic rings. The molecule has 0 radical (unpaired) electrons. The lowest BCUT2D eigenvalue weighted by molar-refractivity contribution is -0.139. The minimum absolute atomic E-state index is 0.0481. The van der Waals surface area contributed by atoms with Crippen LogP contribution in [0.15, 0.2) is 48.5 Å². The van der Waals surface area contributed by atoms with E-state index < -0.39 is 18.1 Å². The molecular formula is C84H147N3O29. The van der Waals surface area contributed by atoms with E-state index in [0.717, 1.165) is 35.1 Å². The maximum Gasteiger partial charge on any atom is 0.407 e. The van der Waals surface area contributed by atoms with Gasteiger partial charge in [-0.2, -0.15) is 0 Å². The van der Waals surface area contributed by atoms with Crippen molar-refractivity contribution in [2.45, 2.75) is 122 Å². The van der Waals surface area contributed by atoms with Crippen LogP contribution in [0.1, 0.15) is 127 Å². The number of alkyl carbamates (subject to hydrolysis) is 1. The first-order valence-corrected chi connectivity index (χ1v) is 42.6. The monoisotopic (exact) mass is 1660 g/mol. The highest BCUT2D eigenvalue weighted by Crippen LogP contribution is 2.44. The summed E-state index contributed by atoms with van der Waals surface area (Å²) in [6.45, 7) is 24.0. The van der Waals surface area contributed by atoms with Gasteiger partial charge in [-0.25, -0.2) is 9.59 Å². The average Bonchev–Trinajstić information content (AvgIpc) is 1.62. The number of carboxylic acids is 1. The van der Waals surface area contributed by atoms with Crippen molar-refractivity contribution in [1.82, 2.24) is 16.0 Å². The van der Waals surface area contributed by atoms with Gasteiger partial charge < -0.3 is 135 Å². The molecule has 1 atom stereocenters. The largest absolute Gasteiger partial charge is 0.480 e. The van der Waals surface area contributed by atoms with E-state index in [0.29, 0.717) is 310 Å². The molecule has 0 unspecified atom stereocenters. The number of rotatable bonds is 93. The number of hydrogen-bond donors (Lipinski definition) is 4. The van der Waals surface area contributed by atoms with Crippen molar-refractivity contribution in [3.05, 3.63) is 59.7 Å². The topological polar surface area (TPSA) is 346 Å². The Balaban J connectivity index is 0.859. The molecule has 1 aliphatic carbocycles. The summed E-state index contributed by atoms with van der Waals surface area (Å²) in [4.78, 5) is 48.9. The predicted octanol–water partition coefficient (Wildman–Crippen LogP) is 7.85. The molecule has 0 aromatic heterocycles. The fraction of sp³-hybridized carbons (Fsp3) is 0.810. The Bertz CT molecular complexity index is 2460. The molecule has 0 saturated carbocycles. The maximum atomic E-state index is 12.6. The number of carbonyl (C=O) groups excluding carboxylic acids is 3. The molecule has 32 heteroatoms. The first kappa shape index (κ1) is 105. The molecule has 116 heavy (non-hydrogen) atoms. The molecule has 3 rings (SSSR count). The first-order valence-electron chi connectivity index (χ1n) is 42.6. The molecular weight excluding hydrogens is 1510 g/mol. The quantitative estimate of drug-likeness (QED) is 0.0458. The lowest BCUT2D eigenvalue weighted by atomic mass is 9.98. The lowest BCUT2D eigenvalue weighted by Crippen LogP contribution is -2.42. The Labute approximate surface area is 691 Å². The zero-order valence-electron chi connectivity index (χ0n) is 70.1. The molecule has 0 bridgehead atoms. The van der Waals surface area contributed by atoms with Crippen molar-refractivity contribution in [3.63, 3.8) is 0 Å². The van der Waals surface area contributed by atoms with Gasteiger partial charge in [-0.1, -0.05) is 133 Å². The summed E-state index contributed by atoms with van der Waals surface area (Å²) in [6, 6.07) is 14.6. The van der Waals surface area contributed by atoms with Gasteiger partial charge in [-0.05, 0) is 35.1 Å². The number of ether oxygens (including phenoxy) is 24. The summed E-state index contributed by atoms with van der Waals surface area (Å²) in [6.07, 6.45) is 16.4. The molecule has 1 aliphatic rings. The van der Waals surface area contributed by atoms with Crippen LogP contribution >= 0.6 is 0 Å². The van der Waals surface area contributed by atoms with E-state index in [4.69, 9.17) is 114 Å². The molecule has 0 saturated heterocycles. The molecule has 0 aliphatic heterocycles. The molecule has 672 valence electrons. The highest BCUT2D eigenvalue weighted by Gasteiger charge is 2.30. The van der Waals surface area contributed by atoms with Crippen LogP contribution in [-0.4, -0.2) is 359 Å². The third-order valence-corrected chi connectivity index (χ3v) is 17.4. The molecule has 32 nitrogen and oxygen atoms in total. The van der Waals surface area contributed by atoms with Crippen LogP contribution in [0.25, 0.3) is 11.1 Å². The van der Waals surface area contributed by atoms with Crippen molar-refractivity contribution in [3.8, 4) is 11.1 Å². The van der Waals surface area contributed by atoms with Gasteiger partial charge in [0.15, 0.2) is 0 Å². The van der Waals surface area contributed by atoms with Gasteiger partial charge in [-0.15, -0.1) is 0 Å². The highest BCUT2D eigenvalue weighted by atomic mass is 16.6. The summed E-state index contributed by atoms with van der Waals surface area (Å²) in [5.74, 6) is -1.68.